The number of hydrogen-bond donors (Lipinski definition) is 1. The Kier molecular flexibility index (Phi) is 4.21. The molecular weight excluding hydrogens is 375 g/mol. The molecule has 1 saturated heterocycles. The van der Waals surface area contributed by atoms with Gasteiger partial charge in [-0.2, -0.15) is 4.31 Å². The SMILES string of the molecule is C=CC(C)(C)[C@@]12CCN(S(=O)(=O)c3ccc(C)cc3)[C@@H]1Nc1ccc(F)cc12. The fraction of sp³-hybridized carbons (Fsp3) is 0.364. The van der Waals surface area contributed by atoms with Gasteiger partial charge in [-0.1, -0.05) is 37.6 Å². The molecule has 2 aliphatic rings. The second kappa shape index (κ2) is 6.16. The molecular formula is C22H25FN2O2S. The monoisotopic (exact) mass is 400 g/mol. The summed E-state index contributed by atoms with van der Waals surface area (Å²) >= 11 is 0. The molecule has 1 fully saturated rings. The fourth-order valence-corrected chi connectivity index (χ4v) is 6.34. The number of rotatable bonds is 4. The second-order valence-corrected chi connectivity index (χ2v) is 10.2. The van der Waals surface area contributed by atoms with Gasteiger partial charge in [0, 0.05) is 17.6 Å². The maximum atomic E-state index is 14.1. The molecule has 0 aromatic heterocycles. The molecule has 2 aromatic rings. The molecule has 0 spiro atoms. The van der Waals surface area contributed by atoms with Gasteiger partial charge in [-0.3, -0.25) is 0 Å². The Balaban J connectivity index is 1.86. The lowest BCUT2D eigenvalue weighted by atomic mass is 9.61. The summed E-state index contributed by atoms with van der Waals surface area (Å²) in [5.74, 6) is -0.319. The van der Waals surface area contributed by atoms with Crippen LogP contribution in [0.5, 0.6) is 0 Å². The van der Waals surface area contributed by atoms with Crippen LogP contribution in [0, 0.1) is 18.2 Å². The molecule has 0 unspecified atom stereocenters. The lowest BCUT2D eigenvalue weighted by molar-refractivity contribution is 0.197. The van der Waals surface area contributed by atoms with Crippen LogP contribution in [0.2, 0.25) is 0 Å². The van der Waals surface area contributed by atoms with Crippen LogP contribution in [0.25, 0.3) is 0 Å². The Labute approximate surface area is 166 Å². The van der Waals surface area contributed by atoms with Crippen LogP contribution in [0.3, 0.4) is 0 Å². The normalized spacial score (nSPS) is 24.5. The third-order valence-electron chi connectivity index (χ3n) is 6.52. The minimum atomic E-state index is -3.70. The zero-order valence-corrected chi connectivity index (χ0v) is 17.2. The van der Waals surface area contributed by atoms with E-state index < -0.39 is 27.0 Å². The van der Waals surface area contributed by atoms with Gasteiger partial charge >= 0.3 is 0 Å². The highest BCUT2D eigenvalue weighted by molar-refractivity contribution is 7.89. The summed E-state index contributed by atoms with van der Waals surface area (Å²) in [4.78, 5) is 0.272. The number of benzene rings is 2. The molecule has 0 amide bonds. The summed E-state index contributed by atoms with van der Waals surface area (Å²) in [6, 6.07) is 11.5. The van der Waals surface area contributed by atoms with Crippen LogP contribution in [-0.4, -0.2) is 25.4 Å². The molecule has 1 N–H and O–H groups in total. The number of aryl methyl sites for hydroxylation is 1. The van der Waals surface area contributed by atoms with E-state index >= 15 is 0 Å². The zero-order chi connectivity index (χ0) is 20.3. The highest BCUT2D eigenvalue weighted by atomic mass is 32.2. The maximum absolute atomic E-state index is 14.1. The standard InChI is InChI=1S/C22H25FN2O2S/c1-5-21(3,4)22-12-13-25(28(26,27)17-9-6-15(2)7-10-17)20(22)24-19-11-8-16(23)14-18(19)22/h5-11,14,20,24H,1,12-13H2,2-4H3/t20-,22+/m0/s1. The zero-order valence-electron chi connectivity index (χ0n) is 16.4. The van der Waals surface area contributed by atoms with Gasteiger partial charge in [0.05, 0.1) is 4.90 Å². The van der Waals surface area contributed by atoms with Gasteiger partial charge in [0.15, 0.2) is 0 Å². The Bertz CT molecular complexity index is 1050. The predicted molar refractivity (Wildman–Crippen MR) is 109 cm³/mol. The van der Waals surface area contributed by atoms with Crippen molar-refractivity contribution in [2.75, 3.05) is 11.9 Å². The lowest BCUT2D eigenvalue weighted by Crippen LogP contribution is -2.52. The van der Waals surface area contributed by atoms with Gasteiger partial charge in [0.25, 0.3) is 0 Å². The smallest absolute Gasteiger partial charge is 0.244 e. The number of anilines is 1. The number of nitrogens with one attached hydrogen (secondary N) is 1. The van der Waals surface area contributed by atoms with E-state index in [-0.39, 0.29) is 10.7 Å². The van der Waals surface area contributed by atoms with Gasteiger partial charge in [0.2, 0.25) is 10.0 Å². The first-order valence-electron chi connectivity index (χ1n) is 9.42. The minimum absolute atomic E-state index is 0.272. The Hall–Kier alpha value is -2.18. The van der Waals surface area contributed by atoms with E-state index in [1.807, 2.05) is 26.8 Å². The minimum Gasteiger partial charge on any atom is -0.368 e. The topological polar surface area (TPSA) is 49.4 Å². The molecule has 6 heteroatoms. The number of hydrogen-bond acceptors (Lipinski definition) is 3. The summed E-state index contributed by atoms with van der Waals surface area (Å²) in [5, 5.41) is 3.37. The largest absolute Gasteiger partial charge is 0.368 e. The maximum Gasteiger partial charge on any atom is 0.244 e. The number of sulfonamides is 1. The highest BCUT2D eigenvalue weighted by Gasteiger charge is 2.62. The van der Waals surface area contributed by atoms with Gasteiger partial charge in [-0.25, -0.2) is 12.8 Å². The van der Waals surface area contributed by atoms with Crippen molar-refractivity contribution in [1.82, 2.24) is 4.31 Å². The second-order valence-electron chi connectivity index (χ2n) is 8.31. The third kappa shape index (κ3) is 2.47. The molecule has 0 aliphatic carbocycles. The summed E-state index contributed by atoms with van der Waals surface area (Å²) in [6.07, 6.45) is 1.94. The predicted octanol–water partition coefficient (Wildman–Crippen LogP) is 4.43. The number of fused-ring (bicyclic) bond motifs is 3. The number of nitrogens with zero attached hydrogens (tertiary/aromatic N) is 1. The molecule has 2 atom stereocenters. The fourth-order valence-electron chi connectivity index (χ4n) is 4.74. The number of allylic oxidation sites excluding steroid dienone is 1. The molecule has 4 rings (SSSR count). The van der Waals surface area contributed by atoms with E-state index in [4.69, 9.17) is 0 Å². The molecule has 2 heterocycles. The van der Waals surface area contributed by atoms with Crippen LogP contribution >= 0.6 is 0 Å². The van der Waals surface area contributed by atoms with Gasteiger partial charge in [-0.05, 0) is 54.7 Å². The first kappa shape index (κ1) is 19.2. The quantitative estimate of drug-likeness (QED) is 0.773. The van der Waals surface area contributed by atoms with Crippen molar-refractivity contribution in [2.24, 2.45) is 5.41 Å². The number of halogens is 1. The van der Waals surface area contributed by atoms with Crippen molar-refractivity contribution >= 4 is 15.7 Å². The average Bonchev–Trinajstić information content (AvgIpc) is 3.18. The lowest BCUT2D eigenvalue weighted by Gasteiger charge is -2.43. The molecule has 2 aromatic carbocycles. The summed E-state index contributed by atoms with van der Waals surface area (Å²) < 4.78 is 42.6. The molecule has 0 radical (unpaired) electrons. The van der Waals surface area contributed by atoms with Crippen molar-refractivity contribution in [3.8, 4) is 0 Å². The molecule has 2 aliphatic heterocycles. The Morgan fingerprint density at radius 2 is 1.93 bits per heavy atom. The average molecular weight is 401 g/mol. The third-order valence-corrected chi connectivity index (χ3v) is 8.40. The van der Waals surface area contributed by atoms with E-state index in [1.54, 1.807) is 30.3 Å². The molecule has 148 valence electrons. The van der Waals surface area contributed by atoms with Crippen molar-refractivity contribution in [3.63, 3.8) is 0 Å². The van der Waals surface area contributed by atoms with Gasteiger partial charge in [0.1, 0.15) is 12.0 Å². The summed E-state index contributed by atoms with van der Waals surface area (Å²) in [5.41, 5.74) is 1.57. The van der Waals surface area contributed by atoms with E-state index in [0.717, 1.165) is 16.8 Å². The van der Waals surface area contributed by atoms with Crippen LogP contribution in [-0.2, 0) is 15.4 Å². The Morgan fingerprint density at radius 3 is 2.57 bits per heavy atom. The van der Waals surface area contributed by atoms with Crippen LogP contribution < -0.4 is 5.32 Å². The molecule has 0 saturated carbocycles. The van der Waals surface area contributed by atoms with Crippen molar-refractivity contribution in [1.29, 1.82) is 0 Å². The first-order chi connectivity index (χ1) is 13.1. The summed E-state index contributed by atoms with van der Waals surface area (Å²) in [7, 11) is -3.70. The molecule has 28 heavy (non-hydrogen) atoms. The van der Waals surface area contributed by atoms with E-state index in [1.165, 1.54) is 16.4 Å². The molecule has 0 bridgehead atoms. The molecule has 4 nitrogen and oxygen atoms in total. The van der Waals surface area contributed by atoms with Gasteiger partial charge in [-0.15, -0.1) is 6.58 Å². The van der Waals surface area contributed by atoms with E-state index in [0.29, 0.717) is 13.0 Å². The van der Waals surface area contributed by atoms with E-state index in [2.05, 4.69) is 11.9 Å². The van der Waals surface area contributed by atoms with E-state index in [9.17, 15) is 12.8 Å². The first-order valence-corrected chi connectivity index (χ1v) is 10.9. The van der Waals surface area contributed by atoms with Gasteiger partial charge < -0.3 is 5.32 Å². The highest BCUT2D eigenvalue weighted by Crippen LogP contribution is 2.59. The van der Waals surface area contributed by atoms with Crippen LogP contribution in [0.1, 0.15) is 31.4 Å². The van der Waals surface area contributed by atoms with Crippen molar-refractivity contribution in [3.05, 3.63) is 72.1 Å². The Morgan fingerprint density at radius 1 is 1.25 bits per heavy atom. The van der Waals surface area contributed by atoms with Crippen LogP contribution in [0.4, 0.5) is 10.1 Å². The van der Waals surface area contributed by atoms with Crippen LogP contribution in [0.15, 0.2) is 60.0 Å². The van der Waals surface area contributed by atoms with Crippen molar-refractivity contribution in [2.45, 2.75) is 43.7 Å². The summed E-state index contributed by atoms with van der Waals surface area (Å²) in [6.45, 7) is 10.4. The van der Waals surface area contributed by atoms with Crippen molar-refractivity contribution < 1.29 is 12.8 Å².